The first kappa shape index (κ1) is 14.5. The normalized spacial score (nSPS) is 10.4. The molecule has 1 amide bonds. The van der Waals surface area contributed by atoms with Gasteiger partial charge in [0, 0.05) is 12.7 Å². The van der Waals surface area contributed by atoms with Crippen molar-refractivity contribution in [3.05, 3.63) is 58.1 Å². The second-order valence-electron chi connectivity index (χ2n) is 4.65. The van der Waals surface area contributed by atoms with Gasteiger partial charge in [-0.2, -0.15) is 0 Å². The van der Waals surface area contributed by atoms with Gasteiger partial charge in [0.25, 0.3) is 5.91 Å². The second kappa shape index (κ2) is 5.59. The highest BCUT2D eigenvalue weighted by atomic mass is 35.5. The molecule has 2 aromatic rings. The number of benzene rings is 1. The minimum Gasteiger partial charge on any atom is -0.311 e. The van der Waals surface area contributed by atoms with Gasteiger partial charge in [-0.3, -0.25) is 4.79 Å². The van der Waals surface area contributed by atoms with Crippen LogP contribution >= 0.6 is 11.6 Å². The highest BCUT2D eigenvalue weighted by Gasteiger charge is 2.19. The van der Waals surface area contributed by atoms with E-state index in [1.165, 1.54) is 4.90 Å². The van der Waals surface area contributed by atoms with Crippen LogP contribution in [0.2, 0.25) is 5.15 Å². The van der Waals surface area contributed by atoms with Gasteiger partial charge in [0.05, 0.1) is 11.8 Å². The third-order valence-corrected chi connectivity index (χ3v) is 3.36. The van der Waals surface area contributed by atoms with E-state index >= 15 is 0 Å². The fraction of sp³-hybridized carbons (Fsp3) is 0.200. The van der Waals surface area contributed by atoms with Gasteiger partial charge in [-0.05, 0) is 31.5 Å². The Hall–Kier alpha value is -1.94. The summed E-state index contributed by atoms with van der Waals surface area (Å²) in [4.78, 5) is 17.5. The molecular weight excluding hydrogens is 279 g/mol. The number of rotatable bonds is 2. The number of nitrogens with zero attached hydrogens (tertiary/aromatic N) is 2. The van der Waals surface area contributed by atoms with Gasteiger partial charge in [-0.25, -0.2) is 9.37 Å². The van der Waals surface area contributed by atoms with Gasteiger partial charge in [0.2, 0.25) is 0 Å². The summed E-state index contributed by atoms with van der Waals surface area (Å²) in [5.74, 6) is -0.985. The van der Waals surface area contributed by atoms with Crippen LogP contribution < -0.4 is 4.90 Å². The van der Waals surface area contributed by atoms with Gasteiger partial charge in [-0.1, -0.05) is 29.3 Å². The zero-order valence-electron chi connectivity index (χ0n) is 11.4. The molecule has 1 aromatic carbocycles. The van der Waals surface area contributed by atoms with E-state index in [4.69, 9.17) is 11.6 Å². The van der Waals surface area contributed by atoms with E-state index < -0.39 is 11.7 Å². The van der Waals surface area contributed by atoms with Crippen LogP contribution in [-0.2, 0) is 0 Å². The SMILES string of the molecule is Cc1ccc(N(C)C(=O)c2cc(F)cnc2Cl)c(C)c1. The molecule has 3 nitrogen and oxygen atoms in total. The third kappa shape index (κ3) is 2.80. The molecule has 0 N–H and O–H groups in total. The molecule has 1 aromatic heterocycles. The summed E-state index contributed by atoms with van der Waals surface area (Å²) in [6.45, 7) is 3.89. The average molecular weight is 293 g/mol. The maximum absolute atomic E-state index is 13.2. The summed E-state index contributed by atoms with van der Waals surface area (Å²) in [6, 6.07) is 6.84. The van der Waals surface area contributed by atoms with Crippen molar-refractivity contribution in [2.45, 2.75) is 13.8 Å². The zero-order valence-corrected chi connectivity index (χ0v) is 12.2. The molecule has 0 aliphatic heterocycles. The van der Waals surface area contributed by atoms with Crippen LogP contribution in [0, 0.1) is 19.7 Å². The fourth-order valence-electron chi connectivity index (χ4n) is 2.04. The summed E-state index contributed by atoms with van der Waals surface area (Å²) < 4.78 is 13.2. The summed E-state index contributed by atoms with van der Waals surface area (Å²) in [7, 11) is 1.63. The van der Waals surface area contributed by atoms with E-state index in [0.29, 0.717) is 0 Å². The van der Waals surface area contributed by atoms with E-state index in [1.54, 1.807) is 7.05 Å². The highest BCUT2D eigenvalue weighted by Crippen LogP contribution is 2.23. The predicted octanol–water partition coefficient (Wildman–Crippen LogP) is 3.77. The minimum absolute atomic E-state index is 0.00647. The Kier molecular flexibility index (Phi) is 4.04. The van der Waals surface area contributed by atoms with Crippen LogP contribution in [0.3, 0.4) is 0 Å². The van der Waals surface area contributed by atoms with Gasteiger partial charge in [0.1, 0.15) is 11.0 Å². The zero-order chi connectivity index (χ0) is 14.9. The second-order valence-corrected chi connectivity index (χ2v) is 5.00. The number of anilines is 1. The molecule has 0 atom stereocenters. The summed E-state index contributed by atoms with van der Waals surface area (Å²) in [6.07, 6.45) is 0.982. The molecule has 2 rings (SSSR count). The average Bonchev–Trinajstić information content (AvgIpc) is 2.40. The van der Waals surface area contributed by atoms with Crippen LogP contribution in [0.4, 0.5) is 10.1 Å². The van der Waals surface area contributed by atoms with Crippen LogP contribution in [0.15, 0.2) is 30.5 Å². The molecule has 0 aliphatic carbocycles. The Morgan fingerprint density at radius 1 is 1.30 bits per heavy atom. The lowest BCUT2D eigenvalue weighted by molar-refractivity contribution is 0.0992. The molecule has 0 bridgehead atoms. The first-order valence-electron chi connectivity index (χ1n) is 6.06. The number of carbonyl (C=O) groups is 1. The van der Waals surface area contributed by atoms with Crippen molar-refractivity contribution in [2.75, 3.05) is 11.9 Å². The Labute approximate surface area is 122 Å². The molecule has 0 fully saturated rings. The monoisotopic (exact) mass is 292 g/mol. The topological polar surface area (TPSA) is 33.2 Å². The number of aromatic nitrogens is 1. The van der Waals surface area contributed by atoms with E-state index in [9.17, 15) is 9.18 Å². The maximum Gasteiger partial charge on any atom is 0.261 e. The molecule has 0 saturated carbocycles. The van der Waals surface area contributed by atoms with E-state index in [2.05, 4.69) is 4.98 Å². The smallest absolute Gasteiger partial charge is 0.261 e. The third-order valence-electron chi connectivity index (χ3n) is 3.05. The molecule has 0 saturated heterocycles. The lowest BCUT2D eigenvalue weighted by atomic mass is 10.1. The molecule has 20 heavy (non-hydrogen) atoms. The van der Waals surface area contributed by atoms with Crippen LogP contribution in [-0.4, -0.2) is 17.9 Å². The summed E-state index contributed by atoms with van der Waals surface area (Å²) in [5, 5.41) is -0.00647. The number of hydrogen-bond acceptors (Lipinski definition) is 2. The van der Waals surface area contributed by atoms with Crippen molar-refractivity contribution in [3.8, 4) is 0 Å². The Morgan fingerprint density at radius 2 is 2.00 bits per heavy atom. The van der Waals surface area contributed by atoms with Crippen molar-refractivity contribution < 1.29 is 9.18 Å². The molecule has 1 heterocycles. The van der Waals surface area contributed by atoms with Gasteiger partial charge in [0.15, 0.2) is 0 Å². The Balaban J connectivity index is 2.40. The highest BCUT2D eigenvalue weighted by molar-refractivity contribution is 6.33. The molecule has 5 heteroatoms. The number of carbonyl (C=O) groups excluding carboxylic acids is 1. The largest absolute Gasteiger partial charge is 0.311 e. The predicted molar refractivity (Wildman–Crippen MR) is 77.9 cm³/mol. The van der Waals surface area contributed by atoms with Crippen molar-refractivity contribution in [1.82, 2.24) is 4.98 Å². The summed E-state index contributed by atoms with van der Waals surface area (Å²) >= 11 is 5.86. The maximum atomic E-state index is 13.2. The Morgan fingerprint density at radius 3 is 2.65 bits per heavy atom. The Bertz CT molecular complexity index is 673. The molecule has 0 spiro atoms. The van der Waals surface area contributed by atoms with Gasteiger partial charge < -0.3 is 4.90 Å². The molecule has 0 unspecified atom stereocenters. The lowest BCUT2D eigenvalue weighted by Crippen LogP contribution is -2.27. The standard InChI is InChI=1S/C15H14ClFN2O/c1-9-4-5-13(10(2)6-9)19(3)15(20)12-7-11(17)8-18-14(12)16/h4-8H,1-3H3. The molecular formula is C15H14ClFN2O. The quantitative estimate of drug-likeness (QED) is 0.790. The van der Waals surface area contributed by atoms with E-state index in [0.717, 1.165) is 29.1 Å². The van der Waals surface area contributed by atoms with Crippen molar-refractivity contribution in [1.29, 1.82) is 0 Å². The first-order valence-corrected chi connectivity index (χ1v) is 6.44. The molecule has 0 radical (unpaired) electrons. The summed E-state index contributed by atoms with van der Waals surface area (Å²) in [5.41, 5.74) is 2.87. The van der Waals surface area contributed by atoms with E-state index in [-0.39, 0.29) is 10.7 Å². The minimum atomic E-state index is -0.591. The van der Waals surface area contributed by atoms with Crippen molar-refractivity contribution in [3.63, 3.8) is 0 Å². The van der Waals surface area contributed by atoms with Gasteiger partial charge >= 0.3 is 0 Å². The molecule has 0 aliphatic rings. The van der Waals surface area contributed by atoms with Crippen LogP contribution in [0.25, 0.3) is 0 Å². The number of halogens is 2. The number of amides is 1. The van der Waals surface area contributed by atoms with Crippen LogP contribution in [0.1, 0.15) is 21.5 Å². The number of aryl methyl sites for hydroxylation is 2. The lowest BCUT2D eigenvalue weighted by Gasteiger charge is -2.20. The number of pyridine rings is 1. The fourth-order valence-corrected chi connectivity index (χ4v) is 2.23. The first-order chi connectivity index (χ1) is 9.40. The molecule has 104 valence electrons. The van der Waals surface area contributed by atoms with Gasteiger partial charge in [-0.15, -0.1) is 0 Å². The van der Waals surface area contributed by atoms with E-state index in [1.807, 2.05) is 32.0 Å². The van der Waals surface area contributed by atoms with Crippen molar-refractivity contribution >= 4 is 23.2 Å². The number of hydrogen-bond donors (Lipinski definition) is 0. The van der Waals surface area contributed by atoms with Crippen LogP contribution in [0.5, 0.6) is 0 Å². The van der Waals surface area contributed by atoms with Crippen molar-refractivity contribution in [2.24, 2.45) is 0 Å².